The molecule has 5 nitrogen and oxygen atoms in total. The lowest BCUT2D eigenvalue weighted by molar-refractivity contribution is 0.100. The molecule has 0 saturated carbocycles. The molecule has 0 aliphatic rings. The van der Waals surface area contributed by atoms with Gasteiger partial charge in [-0.2, -0.15) is 5.26 Å². The van der Waals surface area contributed by atoms with E-state index in [9.17, 15) is 4.79 Å². The Kier molecular flexibility index (Phi) is 3.35. The highest BCUT2D eigenvalue weighted by Crippen LogP contribution is 2.28. The fourth-order valence-electron chi connectivity index (χ4n) is 1.51. The van der Waals surface area contributed by atoms with Crippen molar-refractivity contribution in [3.63, 3.8) is 0 Å². The van der Waals surface area contributed by atoms with Gasteiger partial charge >= 0.3 is 0 Å². The highest BCUT2D eigenvalue weighted by atomic mass is 16.5. The summed E-state index contributed by atoms with van der Waals surface area (Å²) in [6.07, 6.45) is 0. The molecule has 5 heteroatoms. The highest BCUT2D eigenvalue weighted by molar-refractivity contribution is 5.92. The van der Waals surface area contributed by atoms with Crippen LogP contribution in [0.3, 0.4) is 0 Å². The maximum Gasteiger partial charge on any atom is 0.248 e. The van der Waals surface area contributed by atoms with Crippen LogP contribution >= 0.6 is 0 Å². The van der Waals surface area contributed by atoms with Crippen LogP contribution in [-0.2, 0) is 0 Å². The van der Waals surface area contributed by atoms with Gasteiger partial charge in [-0.05, 0) is 36.4 Å². The number of rotatable bonds is 3. The Hall–Kier alpha value is -3.00. The van der Waals surface area contributed by atoms with E-state index >= 15 is 0 Å². The maximum atomic E-state index is 10.9. The second kappa shape index (κ2) is 5.10. The molecule has 0 fully saturated rings. The van der Waals surface area contributed by atoms with Crippen molar-refractivity contribution in [2.45, 2.75) is 0 Å². The molecule has 0 radical (unpaired) electrons. The van der Waals surface area contributed by atoms with Crippen molar-refractivity contribution in [3.8, 4) is 17.6 Å². The first-order valence-corrected chi connectivity index (χ1v) is 5.47. The summed E-state index contributed by atoms with van der Waals surface area (Å²) < 4.78 is 5.56. The zero-order chi connectivity index (χ0) is 13.8. The van der Waals surface area contributed by atoms with Gasteiger partial charge in [-0.1, -0.05) is 0 Å². The molecular formula is C14H11N3O2. The average molecular weight is 253 g/mol. The smallest absolute Gasteiger partial charge is 0.248 e. The molecule has 0 heterocycles. The minimum absolute atomic E-state index is 0.394. The number of amides is 1. The van der Waals surface area contributed by atoms with Crippen LogP contribution in [0.5, 0.6) is 11.5 Å². The molecule has 0 aliphatic carbocycles. The Morgan fingerprint density at radius 2 is 1.84 bits per heavy atom. The van der Waals surface area contributed by atoms with E-state index in [0.717, 1.165) is 0 Å². The lowest BCUT2D eigenvalue weighted by atomic mass is 10.2. The molecule has 4 N–H and O–H groups in total. The molecule has 94 valence electrons. The van der Waals surface area contributed by atoms with Crippen molar-refractivity contribution in [3.05, 3.63) is 53.6 Å². The molecule has 1 amide bonds. The van der Waals surface area contributed by atoms with E-state index in [1.54, 1.807) is 42.5 Å². The Labute approximate surface area is 110 Å². The molecule has 0 spiro atoms. The average Bonchev–Trinajstić information content (AvgIpc) is 2.42. The first kappa shape index (κ1) is 12.5. The predicted octanol–water partition coefficient (Wildman–Crippen LogP) is 2.03. The standard InChI is InChI=1S/C14H11N3O2/c15-8-9-1-6-12(16)13(7-9)19-11-4-2-10(3-5-11)14(17)18/h1-7H,16H2,(H2,17,18). The number of nitrogens with two attached hydrogens (primary N) is 2. The number of nitrogen functional groups attached to an aromatic ring is 1. The van der Waals surface area contributed by atoms with Gasteiger partial charge in [0, 0.05) is 11.6 Å². The van der Waals surface area contributed by atoms with Gasteiger partial charge < -0.3 is 16.2 Å². The zero-order valence-electron chi connectivity index (χ0n) is 9.96. The van der Waals surface area contributed by atoms with Crippen molar-refractivity contribution in [2.24, 2.45) is 5.73 Å². The highest BCUT2D eigenvalue weighted by Gasteiger charge is 2.05. The van der Waals surface area contributed by atoms with E-state index < -0.39 is 5.91 Å². The Balaban J connectivity index is 2.26. The summed E-state index contributed by atoms with van der Waals surface area (Å²) in [6.45, 7) is 0. The van der Waals surface area contributed by atoms with E-state index in [-0.39, 0.29) is 0 Å². The molecule has 2 aromatic carbocycles. The number of carbonyl (C=O) groups is 1. The third-order valence-electron chi connectivity index (χ3n) is 2.51. The SMILES string of the molecule is N#Cc1ccc(N)c(Oc2ccc(C(N)=O)cc2)c1. The predicted molar refractivity (Wildman–Crippen MR) is 70.6 cm³/mol. The molecule has 19 heavy (non-hydrogen) atoms. The molecule has 2 aromatic rings. The topological polar surface area (TPSA) is 102 Å². The van der Waals surface area contributed by atoms with Crippen molar-refractivity contribution in [1.29, 1.82) is 5.26 Å². The summed E-state index contributed by atoms with van der Waals surface area (Å²) >= 11 is 0. The first-order chi connectivity index (χ1) is 9.10. The van der Waals surface area contributed by atoms with E-state index in [1.807, 2.05) is 6.07 Å². The number of benzene rings is 2. The van der Waals surface area contributed by atoms with Gasteiger partial charge in [0.15, 0.2) is 5.75 Å². The van der Waals surface area contributed by atoms with Crippen LogP contribution in [0.15, 0.2) is 42.5 Å². The third kappa shape index (κ3) is 2.82. The number of nitriles is 1. The van der Waals surface area contributed by atoms with E-state index in [4.69, 9.17) is 21.5 Å². The maximum absolute atomic E-state index is 10.9. The Morgan fingerprint density at radius 1 is 1.16 bits per heavy atom. The summed E-state index contributed by atoms with van der Waals surface area (Å²) in [5.74, 6) is 0.398. The lowest BCUT2D eigenvalue weighted by Crippen LogP contribution is -2.10. The van der Waals surface area contributed by atoms with Gasteiger partial charge in [0.25, 0.3) is 0 Å². The van der Waals surface area contributed by atoms with Crippen molar-refractivity contribution < 1.29 is 9.53 Å². The van der Waals surface area contributed by atoms with Crippen LogP contribution < -0.4 is 16.2 Å². The van der Waals surface area contributed by atoms with E-state index in [1.165, 1.54) is 0 Å². The molecule has 0 atom stereocenters. The molecule has 0 aliphatic heterocycles. The van der Waals surface area contributed by atoms with Gasteiger partial charge in [-0.3, -0.25) is 4.79 Å². The number of primary amides is 1. The molecular weight excluding hydrogens is 242 g/mol. The number of hydrogen-bond acceptors (Lipinski definition) is 4. The number of carbonyl (C=O) groups excluding carboxylic acids is 1. The van der Waals surface area contributed by atoms with Crippen molar-refractivity contribution in [2.75, 3.05) is 5.73 Å². The summed E-state index contributed by atoms with van der Waals surface area (Å²) in [5, 5.41) is 8.82. The third-order valence-corrected chi connectivity index (χ3v) is 2.51. The lowest BCUT2D eigenvalue weighted by Gasteiger charge is -2.08. The van der Waals surface area contributed by atoms with Crippen LogP contribution in [0.4, 0.5) is 5.69 Å². The second-order valence-corrected chi connectivity index (χ2v) is 3.86. The normalized spacial score (nSPS) is 9.63. The Morgan fingerprint density at radius 3 is 2.42 bits per heavy atom. The summed E-state index contributed by atoms with van der Waals surface area (Å²) in [5.41, 5.74) is 12.2. The largest absolute Gasteiger partial charge is 0.455 e. The number of hydrogen-bond donors (Lipinski definition) is 2. The fraction of sp³-hybridized carbons (Fsp3) is 0. The minimum Gasteiger partial charge on any atom is -0.455 e. The van der Waals surface area contributed by atoms with Crippen LogP contribution in [0.1, 0.15) is 15.9 Å². The van der Waals surface area contributed by atoms with Gasteiger partial charge in [-0.15, -0.1) is 0 Å². The molecule has 2 rings (SSSR count). The van der Waals surface area contributed by atoms with Gasteiger partial charge in [0.2, 0.25) is 5.91 Å². The monoisotopic (exact) mass is 253 g/mol. The quantitative estimate of drug-likeness (QED) is 0.817. The van der Waals surface area contributed by atoms with Crippen LogP contribution in [0.2, 0.25) is 0 Å². The first-order valence-electron chi connectivity index (χ1n) is 5.47. The fourth-order valence-corrected chi connectivity index (χ4v) is 1.51. The van der Waals surface area contributed by atoms with Crippen molar-refractivity contribution >= 4 is 11.6 Å². The number of anilines is 1. The summed E-state index contributed by atoms with van der Waals surface area (Å²) in [6, 6.07) is 13.1. The van der Waals surface area contributed by atoms with Crippen LogP contribution in [0, 0.1) is 11.3 Å². The van der Waals surface area contributed by atoms with Crippen LogP contribution in [0.25, 0.3) is 0 Å². The second-order valence-electron chi connectivity index (χ2n) is 3.86. The van der Waals surface area contributed by atoms with E-state index in [2.05, 4.69) is 0 Å². The minimum atomic E-state index is -0.502. The number of ether oxygens (including phenoxy) is 1. The van der Waals surface area contributed by atoms with Gasteiger partial charge in [-0.25, -0.2) is 0 Å². The molecule has 0 saturated heterocycles. The number of nitrogens with zero attached hydrogens (tertiary/aromatic N) is 1. The molecule has 0 bridgehead atoms. The summed E-state index contributed by atoms with van der Waals surface area (Å²) in [4.78, 5) is 10.9. The Bertz CT molecular complexity index is 657. The molecule has 0 unspecified atom stereocenters. The van der Waals surface area contributed by atoms with Crippen LogP contribution in [-0.4, -0.2) is 5.91 Å². The van der Waals surface area contributed by atoms with Crippen molar-refractivity contribution in [1.82, 2.24) is 0 Å². The van der Waals surface area contributed by atoms with E-state index in [0.29, 0.717) is 28.3 Å². The van der Waals surface area contributed by atoms with Gasteiger partial charge in [0.1, 0.15) is 5.75 Å². The zero-order valence-corrected chi connectivity index (χ0v) is 9.96. The van der Waals surface area contributed by atoms with Gasteiger partial charge in [0.05, 0.1) is 17.3 Å². The molecule has 0 aromatic heterocycles. The summed E-state index contributed by atoms with van der Waals surface area (Å²) in [7, 11) is 0.